The van der Waals surface area contributed by atoms with Gasteiger partial charge >= 0.3 is 0 Å². The minimum absolute atomic E-state index is 0.0888. The largest absolute Gasteiger partial charge is 0.507 e. The van der Waals surface area contributed by atoms with Gasteiger partial charge in [0.1, 0.15) is 5.75 Å². The summed E-state index contributed by atoms with van der Waals surface area (Å²) in [7, 11) is 0. The van der Waals surface area contributed by atoms with Gasteiger partial charge in [-0.1, -0.05) is 12.1 Å². The van der Waals surface area contributed by atoms with Gasteiger partial charge in [-0.2, -0.15) is 0 Å². The number of benzene rings is 2. The zero-order valence-electron chi connectivity index (χ0n) is 11.6. The van der Waals surface area contributed by atoms with Gasteiger partial charge in [0.2, 0.25) is 0 Å². The van der Waals surface area contributed by atoms with E-state index in [0.717, 1.165) is 0 Å². The zero-order chi connectivity index (χ0) is 15.9. The van der Waals surface area contributed by atoms with Gasteiger partial charge in [0, 0.05) is 5.69 Å². The van der Waals surface area contributed by atoms with Gasteiger partial charge in [-0.25, -0.2) is 0 Å². The van der Waals surface area contributed by atoms with Crippen molar-refractivity contribution < 1.29 is 19.5 Å². The number of anilines is 1. The summed E-state index contributed by atoms with van der Waals surface area (Å²) >= 11 is 0. The Balaban J connectivity index is 1.90. The highest BCUT2D eigenvalue weighted by Crippen LogP contribution is 2.24. The number of carbonyl (C=O) groups excluding carboxylic acids is 3. The third kappa shape index (κ3) is 2.20. The minimum Gasteiger partial charge on any atom is -0.507 e. The van der Waals surface area contributed by atoms with E-state index in [4.69, 9.17) is 0 Å². The van der Waals surface area contributed by atoms with Crippen molar-refractivity contribution in [1.82, 2.24) is 5.32 Å². The number of imide groups is 1. The maximum absolute atomic E-state index is 12.2. The highest BCUT2D eigenvalue weighted by Gasteiger charge is 2.27. The van der Waals surface area contributed by atoms with Crippen LogP contribution >= 0.6 is 0 Å². The number of amides is 3. The van der Waals surface area contributed by atoms with Crippen molar-refractivity contribution in [2.24, 2.45) is 0 Å². The summed E-state index contributed by atoms with van der Waals surface area (Å²) < 4.78 is 0. The molecule has 2 aromatic rings. The first-order chi connectivity index (χ1) is 10.5. The van der Waals surface area contributed by atoms with Crippen LogP contribution in [0.3, 0.4) is 0 Å². The number of fused-ring (bicyclic) bond motifs is 1. The van der Waals surface area contributed by atoms with Crippen LogP contribution in [0.5, 0.6) is 5.75 Å². The van der Waals surface area contributed by atoms with Crippen LogP contribution in [0.2, 0.25) is 0 Å². The number of carbonyl (C=O) groups is 3. The Morgan fingerprint density at radius 2 is 1.82 bits per heavy atom. The fourth-order valence-electron chi connectivity index (χ4n) is 2.29. The van der Waals surface area contributed by atoms with Crippen LogP contribution in [0, 0.1) is 6.92 Å². The van der Waals surface area contributed by atoms with Gasteiger partial charge in [0.05, 0.1) is 16.7 Å². The van der Waals surface area contributed by atoms with Crippen LogP contribution < -0.4 is 10.6 Å². The molecule has 0 fully saturated rings. The lowest BCUT2D eigenvalue weighted by atomic mass is 10.1. The van der Waals surface area contributed by atoms with Gasteiger partial charge in [0.15, 0.2) is 0 Å². The molecule has 1 aliphatic rings. The molecule has 0 radical (unpaired) electrons. The average Bonchev–Trinajstić information content (AvgIpc) is 2.76. The second-order valence-corrected chi connectivity index (χ2v) is 4.97. The average molecular weight is 296 g/mol. The van der Waals surface area contributed by atoms with E-state index in [2.05, 4.69) is 10.6 Å². The van der Waals surface area contributed by atoms with E-state index >= 15 is 0 Å². The Morgan fingerprint density at radius 3 is 2.59 bits per heavy atom. The fraction of sp³-hybridized carbons (Fsp3) is 0.0625. The van der Waals surface area contributed by atoms with Crippen molar-refractivity contribution >= 4 is 23.4 Å². The third-order valence-corrected chi connectivity index (χ3v) is 3.48. The molecule has 0 spiro atoms. The van der Waals surface area contributed by atoms with Crippen LogP contribution in [0.4, 0.5) is 5.69 Å². The standard InChI is InChI=1S/C16H12N2O4/c1-8-3-2-4-11(13(8)19)15(21)17-9-5-6-10-12(7-9)16(22)18-14(10)20/h2-7,19H,1H3,(H,17,21)(H,18,20,22). The van der Waals surface area contributed by atoms with Crippen molar-refractivity contribution in [1.29, 1.82) is 0 Å². The summed E-state index contributed by atoms with van der Waals surface area (Å²) in [4.78, 5) is 35.3. The first-order valence-corrected chi connectivity index (χ1v) is 6.57. The Labute approximate surface area is 125 Å². The van der Waals surface area contributed by atoms with E-state index in [1.807, 2.05) is 0 Å². The molecule has 3 N–H and O–H groups in total. The number of phenols is 1. The first kappa shape index (κ1) is 13.8. The smallest absolute Gasteiger partial charge is 0.259 e. The lowest BCUT2D eigenvalue weighted by Crippen LogP contribution is -2.19. The Hall–Kier alpha value is -3.15. The molecule has 3 amide bonds. The molecular formula is C16H12N2O4. The molecule has 0 bridgehead atoms. The Morgan fingerprint density at radius 1 is 1.09 bits per heavy atom. The molecule has 0 unspecified atom stereocenters. The summed E-state index contributed by atoms with van der Waals surface area (Å²) in [6.45, 7) is 1.69. The van der Waals surface area contributed by atoms with Crippen molar-refractivity contribution in [2.75, 3.05) is 5.32 Å². The van der Waals surface area contributed by atoms with Gasteiger partial charge in [-0.3, -0.25) is 19.7 Å². The molecule has 0 aliphatic carbocycles. The molecule has 110 valence electrons. The molecule has 0 saturated heterocycles. The number of aryl methyl sites for hydroxylation is 1. The normalized spacial score (nSPS) is 12.8. The Kier molecular flexibility index (Phi) is 3.14. The molecule has 0 atom stereocenters. The monoisotopic (exact) mass is 296 g/mol. The second kappa shape index (κ2) is 5.00. The zero-order valence-corrected chi connectivity index (χ0v) is 11.6. The predicted octanol–water partition coefficient (Wildman–Crippen LogP) is 1.84. The maximum atomic E-state index is 12.2. The highest BCUT2D eigenvalue weighted by atomic mass is 16.3. The van der Waals surface area contributed by atoms with Crippen LogP contribution in [0.1, 0.15) is 36.6 Å². The second-order valence-electron chi connectivity index (χ2n) is 4.97. The molecule has 3 rings (SSSR count). The van der Waals surface area contributed by atoms with Crippen LogP contribution in [0.25, 0.3) is 0 Å². The third-order valence-electron chi connectivity index (χ3n) is 3.48. The number of rotatable bonds is 2. The number of hydrogen-bond acceptors (Lipinski definition) is 4. The van der Waals surface area contributed by atoms with Crippen LogP contribution in [0.15, 0.2) is 36.4 Å². The van der Waals surface area contributed by atoms with E-state index < -0.39 is 17.7 Å². The number of phenolic OH excluding ortho intramolecular Hbond substituents is 1. The minimum atomic E-state index is -0.495. The van der Waals surface area contributed by atoms with Crippen LogP contribution in [-0.4, -0.2) is 22.8 Å². The van der Waals surface area contributed by atoms with Crippen molar-refractivity contribution in [3.05, 3.63) is 58.7 Å². The molecule has 6 nitrogen and oxygen atoms in total. The summed E-state index contributed by atoms with van der Waals surface area (Å²) in [5.41, 5.74) is 1.60. The van der Waals surface area contributed by atoms with Gasteiger partial charge < -0.3 is 10.4 Å². The molecule has 0 saturated carbocycles. The van der Waals surface area contributed by atoms with Crippen molar-refractivity contribution in [3.8, 4) is 5.75 Å². The highest BCUT2D eigenvalue weighted by molar-refractivity contribution is 6.22. The Bertz CT molecular complexity index is 827. The lowest BCUT2D eigenvalue weighted by molar-refractivity contribution is 0.0878. The number of aromatic hydroxyl groups is 1. The van der Waals surface area contributed by atoms with E-state index in [1.54, 1.807) is 19.1 Å². The lowest BCUT2D eigenvalue weighted by Gasteiger charge is -2.09. The molecule has 1 heterocycles. The number of nitrogens with one attached hydrogen (secondary N) is 2. The molecular weight excluding hydrogens is 284 g/mol. The van der Waals surface area contributed by atoms with Gasteiger partial charge in [-0.15, -0.1) is 0 Å². The SMILES string of the molecule is Cc1cccc(C(=O)Nc2ccc3c(c2)C(=O)NC3=O)c1O. The summed E-state index contributed by atoms with van der Waals surface area (Å²) in [6, 6.07) is 9.29. The molecule has 6 heteroatoms. The van der Waals surface area contributed by atoms with Crippen molar-refractivity contribution in [3.63, 3.8) is 0 Å². The number of hydrogen-bond donors (Lipinski definition) is 3. The molecule has 2 aromatic carbocycles. The van der Waals surface area contributed by atoms with Crippen molar-refractivity contribution in [2.45, 2.75) is 6.92 Å². The molecule has 22 heavy (non-hydrogen) atoms. The van der Waals surface area contributed by atoms with Gasteiger partial charge in [-0.05, 0) is 36.8 Å². The number of para-hydroxylation sites is 1. The quantitative estimate of drug-likeness (QED) is 0.737. The topological polar surface area (TPSA) is 95.5 Å². The van der Waals surface area contributed by atoms with E-state index in [0.29, 0.717) is 11.3 Å². The molecule has 0 aromatic heterocycles. The van der Waals surface area contributed by atoms with E-state index in [1.165, 1.54) is 24.3 Å². The fourth-order valence-corrected chi connectivity index (χ4v) is 2.29. The van der Waals surface area contributed by atoms with Gasteiger partial charge in [0.25, 0.3) is 17.7 Å². The first-order valence-electron chi connectivity index (χ1n) is 6.57. The van der Waals surface area contributed by atoms with E-state index in [9.17, 15) is 19.5 Å². The predicted molar refractivity (Wildman–Crippen MR) is 79.0 cm³/mol. The van der Waals surface area contributed by atoms with E-state index in [-0.39, 0.29) is 22.4 Å². The summed E-state index contributed by atoms with van der Waals surface area (Å²) in [5, 5.41) is 14.7. The molecule has 1 aliphatic heterocycles. The summed E-state index contributed by atoms with van der Waals surface area (Å²) in [6.07, 6.45) is 0. The summed E-state index contributed by atoms with van der Waals surface area (Å²) in [5.74, 6) is -1.52. The maximum Gasteiger partial charge on any atom is 0.259 e. The van der Waals surface area contributed by atoms with Crippen LogP contribution in [-0.2, 0) is 0 Å².